The maximum Gasteiger partial charge on any atom is 0.271 e. The normalized spacial score (nSPS) is 10.8. The monoisotopic (exact) mass is 340 g/mol. The standard InChI is InChI=1S/C16H16N6O3/c1-10-14(11(2)21-16(19-10)17-9-18-21)6-7-15(23)20-12-4-3-5-13(8-12)22(24)25/h3-5,8-9H,6-7H2,1-2H3,(H,20,23). The molecule has 3 rings (SSSR count). The third-order valence-corrected chi connectivity index (χ3v) is 3.93. The van der Waals surface area contributed by atoms with Crippen molar-refractivity contribution in [1.29, 1.82) is 0 Å². The van der Waals surface area contributed by atoms with E-state index in [2.05, 4.69) is 20.4 Å². The molecule has 25 heavy (non-hydrogen) atoms. The molecule has 0 bridgehead atoms. The van der Waals surface area contributed by atoms with Gasteiger partial charge < -0.3 is 5.32 Å². The molecule has 2 heterocycles. The molecule has 1 aromatic carbocycles. The molecule has 1 amide bonds. The van der Waals surface area contributed by atoms with Gasteiger partial charge in [-0.1, -0.05) is 6.07 Å². The average molecular weight is 340 g/mol. The van der Waals surface area contributed by atoms with E-state index in [1.54, 1.807) is 10.6 Å². The second kappa shape index (κ2) is 6.63. The van der Waals surface area contributed by atoms with Gasteiger partial charge in [0.05, 0.1) is 4.92 Å². The molecular weight excluding hydrogens is 324 g/mol. The highest BCUT2D eigenvalue weighted by molar-refractivity contribution is 5.91. The van der Waals surface area contributed by atoms with Gasteiger partial charge in [0.15, 0.2) is 0 Å². The van der Waals surface area contributed by atoms with E-state index in [0.717, 1.165) is 17.0 Å². The largest absolute Gasteiger partial charge is 0.326 e. The summed E-state index contributed by atoms with van der Waals surface area (Å²) >= 11 is 0. The molecule has 128 valence electrons. The van der Waals surface area contributed by atoms with Crippen LogP contribution in [0.4, 0.5) is 11.4 Å². The SMILES string of the molecule is Cc1nc2ncnn2c(C)c1CCC(=O)Nc1cccc([N+](=O)[O-])c1. The van der Waals surface area contributed by atoms with Crippen LogP contribution in [-0.4, -0.2) is 30.4 Å². The molecule has 0 radical (unpaired) electrons. The lowest BCUT2D eigenvalue weighted by molar-refractivity contribution is -0.384. The number of rotatable bonds is 5. The number of nitro benzene ring substituents is 1. The Bertz CT molecular complexity index is 966. The number of non-ortho nitro benzene ring substituents is 1. The molecule has 9 heteroatoms. The fraction of sp³-hybridized carbons (Fsp3) is 0.250. The van der Waals surface area contributed by atoms with Crippen molar-refractivity contribution < 1.29 is 9.72 Å². The highest BCUT2D eigenvalue weighted by atomic mass is 16.6. The first-order valence-electron chi connectivity index (χ1n) is 7.66. The summed E-state index contributed by atoms with van der Waals surface area (Å²) < 4.78 is 1.64. The third kappa shape index (κ3) is 3.44. The lowest BCUT2D eigenvalue weighted by atomic mass is 10.1. The number of nitrogens with zero attached hydrogens (tertiary/aromatic N) is 5. The number of nitro groups is 1. The molecule has 1 N–H and O–H groups in total. The van der Waals surface area contributed by atoms with Crippen LogP contribution in [0, 0.1) is 24.0 Å². The molecule has 3 aromatic rings. The molecule has 9 nitrogen and oxygen atoms in total. The minimum absolute atomic E-state index is 0.0645. The van der Waals surface area contributed by atoms with Crippen molar-refractivity contribution in [3.63, 3.8) is 0 Å². The summed E-state index contributed by atoms with van der Waals surface area (Å²) in [6, 6.07) is 5.85. The zero-order valence-corrected chi connectivity index (χ0v) is 13.8. The Balaban J connectivity index is 1.70. The lowest BCUT2D eigenvalue weighted by Crippen LogP contribution is -2.14. The van der Waals surface area contributed by atoms with E-state index in [9.17, 15) is 14.9 Å². The van der Waals surface area contributed by atoms with E-state index in [4.69, 9.17) is 0 Å². The van der Waals surface area contributed by atoms with Crippen molar-refractivity contribution in [2.75, 3.05) is 5.32 Å². The number of fused-ring (bicyclic) bond motifs is 1. The molecule has 2 aromatic heterocycles. The van der Waals surface area contributed by atoms with Crippen LogP contribution in [0.1, 0.15) is 23.4 Å². The number of aryl methyl sites for hydroxylation is 2. The Kier molecular flexibility index (Phi) is 4.38. The van der Waals surface area contributed by atoms with Crippen molar-refractivity contribution in [2.45, 2.75) is 26.7 Å². The molecule has 0 atom stereocenters. The number of hydrogen-bond donors (Lipinski definition) is 1. The van der Waals surface area contributed by atoms with Crippen molar-refractivity contribution in [3.8, 4) is 0 Å². The predicted molar refractivity (Wildman–Crippen MR) is 90.3 cm³/mol. The number of anilines is 1. The fourth-order valence-electron chi connectivity index (χ4n) is 2.68. The van der Waals surface area contributed by atoms with Gasteiger partial charge in [0.25, 0.3) is 11.5 Å². The summed E-state index contributed by atoms with van der Waals surface area (Å²) in [5.74, 6) is 0.304. The maximum absolute atomic E-state index is 12.2. The first kappa shape index (κ1) is 16.5. The quantitative estimate of drug-likeness (QED) is 0.562. The van der Waals surface area contributed by atoms with Crippen LogP contribution in [0.3, 0.4) is 0 Å². The van der Waals surface area contributed by atoms with Gasteiger partial charge in [0, 0.05) is 35.6 Å². The zero-order chi connectivity index (χ0) is 18.0. The van der Waals surface area contributed by atoms with E-state index >= 15 is 0 Å². The summed E-state index contributed by atoms with van der Waals surface area (Å²) in [7, 11) is 0. The van der Waals surface area contributed by atoms with E-state index in [1.807, 2.05) is 13.8 Å². The number of amides is 1. The molecule has 0 saturated heterocycles. The second-order valence-corrected chi connectivity index (χ2v) is 5.59. The van der Waals surface area contributed by atoms with Gasteiger partial charge in [-0.15, -0.1) is 0 Å². The number of carbonyl (C=O) groups excluding carboxylic acids is 1. The number of benzene rings is 1. The van der Waals surface area contributed by atoms with Crippen molar-refractivity contribution in [2.24, 2.45) is 0 Å². The Morgan fingerprint density at radius 2 is 2.16 bits per heavy atom. The molecule has 0 unspecified atom stereocenters. The maximum atomic E-state index is 12.2. The van der Waals surface area contributed by atoms with Crippen LogP contribution < -0.4 is 5.32 Å². The first-order chi connectivity index (χ1) is 12.0. The smallest absolute Gasteiger partial charge is 0.271 e. The minimum Gasteiger partial charge on any atom is -0.326 e. The van der Waals surface area contributed by atoms with E-state index in [1.165, 1.54) is 24.5 Å². The van der Waals surface area contributed by atoms with Crippen molar-refractivity contribution in [1.82, 2.24) is 19.6 Å². The summed E-state index contributed by atoms with van der Waals surface area (Å²) in [6.45, 7) is 3.78. The van der Waals surface area contributed by atoms with Gasteiger partial charge in [0.1, 0.15) is 6.33 Å². The number of carbonyl (C=O) groups is 1. The Morgan fingerprint density at radius 1 is 1.36 bits per heavy atom. The average Bonchev–Trinajstić information content (AvgIpc) is 3.03. The van der Waals surface area contributed by atoms with Gasteiger partial charge in [-0.3, -0.25) is 14.9 Å². The third-order valence-electron chi connectivity index (χ3n) is 3.93. The second-order valence-electron chi connectivity index (χ2n) is 5.59. The number of aromatic nitrogens is 4. The van der Waals surface area contributed by atoms with Gasteiger partial charge in [0.2, 0.25) is 5.91 Å². The highest BCUT2D eigenvalue weighted by Crippen LogP contribution is 2.18. The molecule has 0 spiro atoms. The van der Waals surface area contributed by atoms with Crippen LogP contribution in [0.5, 0.6) is 0 Å². The summed E-state index contributed by atoms with van der Waals surface area (Å²) in [5.41, 5.74) is 2.97. The highest BCUT2D eigenvalue weighted by Gasteiger charge is 2.13. The molecule has 0 aliphatic carbocycles. The van der Waals surface area contributed by atoms with E-state index < -0.39 is 4.92 Å². The van der Waals surface area contributed by atoms with Gasteiger partial charge in [-0.05, 0) is 31.9 Å². The summed E-state index contributed by atoms with van der Waals surface area (Å²) in [6.07, 6.45) is 2.15. The van der Waals surface area contributed by atoms with Crippen LogP contribution in [-0.2, 0) is 11.2 Å². The van der Waals surface area contributed by atoms with Crippen molar-refractivity contribution >= 4 is 23.1 Å². The summed E-state index contributed by atoms with van der Waals surface area (Å²) in [5, 5.41) is 17.6. The fourth-order valence-corrected chi connectivity index (χ4v) is 2.68. The minimum atomic E-state index is -0.499. The number of hydrogen-bond acceptors (Lipinski definition) is 6. The molecule has 0 aliphatic rings. The molecule has 0 fully saturated rings. The molecule has 0 aliphatic heterocycles. The van der Waals surface area contributed by atoms with Crippen molar-refractivity contribution in [3.05, 3.63) is 57.7 Å². The van der Waals surface area contributed by atoms with Crippen LogP contribution in [0.2, 0.25) is 0 Å². The molecule has 0 saturated carbocycles. The Morgan fingerprint density at radius 3 is 2.92 bits per heavy atom. The van der Waals surface area contributed by atoms with Gasteiger partial charge in [-0.2, -0.15) is 10.1 Å². The van der Waals surface area contributed by atoms with Gasteiger partial charge >= 0.3 is 0 Å². The van der Waals surface area contributed by atoms with Crippen LogP contribution in [0.15, 0.2) is 30.6 Å². The Hall–Kier alpha value is -3.36. The van der Waals surface area contributed by atoms with E-state index in [-0.39, 0.29) is 18.0 Å². The van der Waals surface area contributed by atoms with Gasteiger partial charge in [-0.25, -0.2) is 9.50 Å². The van der Waals surface area contributed by atoms with Crippen LogP contribution in [0.25, 0.3) is 5.78 Å². The molecular formula is C16H16N6O3. The lowest BCUT2D eigenvalue weighted by Gasteiger charge is -2.10. The first-order valence-corrected chi connectivity index (χ1v) is 7.66. The van der Waals surface area contributed by atoms with Crippen LogP contribution >= 0.6 is 0 Å². The predicted octanol–water partition coefficient (Wildman–Crippen LogP) is 2.22. The van der Waals surface area contributed by atoms with E-state index in [0.29, 0.717) is 17.9 Å². The summed E-state index contributed by atoms with van der Waals surface area (Å²) in [4.78, 5) is 30.9. The Labute approximate surface area is 142 Å². The number of nitrogens with one attached hydrogen (secondary N) is 1. The zero-order valence-electron chi connectivity index (χ0n) is 13.8. The topological polar surface area (TPSA) is 115 Å².